The summed E-state index contributed by atoms with van der Waals surface area (Å²) in [4.78, 5) is 24.5. The molecule has 0 saturated carbocycles. The number of aliphatic carboxylic acids is 1. The van der Waals surface area contributed by atoms with E-state index in [0.717, 1.165) is 32.8 Å². The fourth-order valence-electron chi connectivity index (χ4n) is 1.84. The summed E-state index contributed by atoms with van der Waals surface area (Å²) in [5.41, 5.74) is 0. The van der Waals surface area contributed by atoms with Crippen molar-refractivity contribution < 1.29 is 19.4 Å². The molecule has 1 aliphatic rings. The van der Waals surface area contributed by atoms with Crippen LogP contribution < -0.4 is 10.6 Å². The zero-order chi connectivity index (χ0) is 14.1. The maximum absolute atomic E-state index is 11.5. The molecule has 1 unspecified atom stereocenters. The molecule has 0 aromatic rings. The second kappa shape index (κ2) is 8.71. The van der Waals surface area contributed by atoms with E-state index in [1.54, 1.807) is 6.92 Å². The van der Waals surface area contributed by atoms with E-state index in [9.17, 15) is 9.59 Å². The number of hydrogen-bond acceptors (Lipinski definition) is 4. The van der Waals surface area contributed by atoms with Crippen molar-refractivity contribution in [3.8, 4) is 0 Å². The van der Waals surface area contributed by atoms with Crippen LogP contribution in [0.1, 0.15) is 13.3 Å². The molecule has 110 valence electrons. The zero-order valence-electron chi connectivity index (χ0n) is 11.4. The maximum Gasteiger partial charge on any atom is 0.314 e. The predicted molar refractivity (Wildman–Crippen MR) is 70.1 cm³/mol. The average Bonchev–Trinajstić information content (AvgIpc) is 2.40. The number of ether oxygens (including phenoxy) is 1. The van der Waals surface area contributed by atoms with Crippen molar-refractivity contribution >= 4 is 12.0 Å². The van der Waals surface area contributed by atoms with E-state index in [1.807, 2.05) is 0 Å². The highest BCUT2D eigenvalue weighted by Gasteiger charge is 2.15. The molecule has 7 heteroatoms. The first-order valence-electron chi connectivity index (χ1n) is 6.68. The summed E-state index contributed by atoms with van der Waals surface area (Å²) >= 11 is 0. The lowest BCUT2D eigenvalue weighted by molar-refractivity contribution is -0.141. The monoisotopic (exact) mass is 273 g/mol. The first-order valence-corrected chi connectivity index (χ1v) is 6.68. The Morgan fingerprint density at radius 1 is 1.32 bits per heavy atom. The van der Waals surface area contributed by atoms with Crippen LogP contribution in [0.5, 0.6) is 0 Å². The first-order chi connectivity index (χ1) is 9.13. The van der Waals surface area contributed by atoms with Gasteiger partial charge in [0, 0.05) is 32.7 Å². The number of hydrogen-bond donors (Lipinski definition) is 3. The average molecular weight is 273 g/mol. The van der Waals surface area contributed by atoms with Gasteiger partial charge in [-0.05, 0) is 6.42 Å². The fraction of sp³-hybridized carbons (Fsp3) is 0.833. The largest absolute Gasteiger partial charge is 0.481 e. The van der Waals surface area contributed by atoms with Crippen LogP contribution in [0.2, 0.25) is 0 Å². The fourth-order valence-corrected chi connectivity index (χ4v) is 1.84. The minimum absolute atomic E-state index is 0.162. The molecular formula is C12H23N3O4. The van der Waals surface area contributed by atoms with Gasteiger partial charge in [-0.2, -0.15) is 0 Å². The smallest absolute Gasteiger partial charge is 0.314 e. The van der Waals surface area contributed by atoms with Crippen molar-refractivity contribution in [3.63, 3.8) is 0 Å². The Bertz CT molecular complexity index is 293. The molecule has 0 aromatic heterocycles. The van der Waals surface area contributed by atoms with Gasteiger partial charge in [0.25, 0.3) is 0 Å². The molecule has 1 saturated heterocycles. The highest BCUT2D eigenvalue weighted by atomic mass is 16.5. The third-order valence-corrected chi connectivity index (χ3v) is 3.17. The molecule has 1 aliphatic heterocycles. The number of carbonyl (C=O) groups excluding carboxylic acids is 1. The third kappa shape index (κ3) is 6.40. The molecule has 7 nitrogen and oxygen atoms in total. The van der Waals surface area contributed by atoms with Crippen molar-refractivity contribution in [2.24, 2.45) is 5.92 Å². The highest BCUT2D eigenvalue weighted by Crippen LogP contribution is 2.00. The van der Waals surface area contributed by atoms with Crippen molar-refractivity contribution in [1.29, 1.82) is 0 Å². The van der Waals surface area contributed by atoms with Crippen LogP contribution in [0.4, 0.5) is 4.79 Å². The van der Waals surface area contributed by atoms with Crippen LogP contribution in [0, 0.1) is 5.92 Å². The molecule has 0 aliphatic carbocycles. The third-order valence-electron chi connectivity index (χ3n) is 3.17. The number of urea groups is 1. The lowest BCUT2D eigenvalue weighted by atomic mass is 10.1. The molecule has 1 fully saturated rings. The number of nitrogens with one attached hydrogen (secondary N) is 2. The van der Waals surface area contributed by atoms with Gasteiger partial charge in [-0.3, -0.25) is 9.69 Å². The minimum Gasteiger partial charge on any atom is -0.481 e. The van der Waals surface area contributed by atoms with Crippen LogP contribution in [-0.4, -0.2) is 67.9 Å². The summed E-state index contributed by atoms with van der Waals surface area (Å²) in [6, 6.07) is -0.312. The van der Waals surface area contributed by atoms with Crippen molar-refractivity contribution in [3.05, 3.63) is 0 Å². The Labute approximate surface area is 113 Å². The highest BCUT2D eigenvalue weighted by molar-refractivity contribution is 5.75. The zero-order valence-corrected chi connectivity index (χ0v) is 11.4. The Balaban J connectivity index is 2.08. The lowest BCUT2D eigenvalue weighted by Crippen LogP contribution is -2.45. The minimum atomic E-state index is -0.879. The van der Waals surface area contributed by atoms with E-state index in [-0.39, 0.29) is 12.6 Å². The molecule has 19 heavy (non-hydrogen) atoms. The van der Waals surface area contributed by atoms with Crippen LogP contribution in [-0.2, 0) is 9.53 Å². The number of nitrogens with zero attached hydrogens (tertiary/aromatic N) is 1. The molecule has 2 amide bonds. The van der Waals surface area contributed by atoms with Gasteiger partial charge in [0.1, 0.15) is 0 Å². The van der Waals surface area contributed by atoms with E-state index in [4.69, 9.17) is 9.84 Å². The normalized spacial score (nSPS) is 17.7. The van der Waals surface area contributed by atoms with Crippen LogP contribution in [0.15, 0.2) is 0 Å². The summed E-state index contributed by atoms with van der Waals surface area (Å²) in [6.45, 7) is 6.54. The van der Waals surface area contributed by atoms with E-state index in [0.29, 0.717) is 13.0 Å². The molecule has 1 rings (SSSR count). The van der Waals surface area contributed by atoms with Gasteiger partial charge in [0.05, 0.1) is 19.1 Å². The second-order valence-electron chi connectivity index (χ2n) is 4.53. The van der Waals surface area contributed by atoms with Crippen molar-refractivity contribution in [1.82, 2.24) is 15.5 Å². The Kier molecular flexibility index (Phi) is 7.20. The molecule has 3 N–H and O–H groups in total. The van der Waals surface area contributed by atoms with Crippen LogP contribution >= 0.6 is 0 Å². The summed E-state index contributed by atoms with van der Waals surface area (Å²) in [5, 5.41) is 14.1. The van der Waals surface area contributed by atoms with Crippen LogP contribution in [0.3, 0.4) is 0 Å². The molecule has 1 heterocycles. The Hall–Kier alpha value is -1.34. The van der Waals surface area contributed by atoms with Gasteiger partial charge in [0.15, 0.2) is 0 Å². The number of amides is 2. The second-order valence-corrected chi connectivity index (χ2v) is 4.53. The Morgan fingerprint density at radius 3 is 2.58 bits per heavy atom. The van der Waals surface area contributed by atoms with Gasteiger partial charge in [-0.1, -0.05) is 6.92 Å². The molecule has 1 atom stereocenters. The molecule has 0 spiro atoms. The van der Waals surface area contributed by atoms with Crippen molar-refractivity contribution in [2.45, 2.75) is 13.3 Å². The van der Waals surface area contributed by atoms with Gasteiger partial charge in [-0.15, -0.1) is 0 Å². The van der Waals surface area contributed by atoms with E-state index in [2.05, 4.69) is 15.5 Å². The summed E-state index contributed by atoms with van der Waals surface area (Å²) in [6.07, 6.45) is 0.503. The number of rotatable bonds is 7. The predicted octanol–water partition coefficient (Wildman–Crippen LogP) is -0.271. The first kappa shape index (κ1) is 15.7. The van der Waals surface area contributed by atoms with Gasteiger partial charge < -0.3 is 20.5 Å². The molecular weight excluding hydrogens is 250 g/mol. The number of carbonyl (C=O) groups is 2. The SMILES string of the molecule is CCC(CNC(=O)NCCN1CCOCC1)C(=O)O. The lowest BCUT2D eigenvalue weighted by Gasteiger charge is -2.26. The van der Waals surface area contributed by atoms with E-state index >= 15 is 0 Å². The molecule has 0 aromatic carbocycles. The summed E-state index contributed by atoms with van der Waals surface area (Å²) in [5.74, 6) is -1.40. The summed E-state index contributed by atoms with van der Waals surface area (Å²) < 4.78 is 5.23. The van der Waals surface area contributed by atoms with Crippen molar-refractivity contribution in [2.75, 3.05) is 45.9 Å². The number of morpholine rings is 1. The summed E-state index contributed by atoms with van der Waals surface area (Å²) in [7, 11) is 0. The van der Waals surface area contributed by atoms with Gasteiger partial charge in [0.2, 0.25) is 0 Å². The van der Waals surface area contributed by atoms with E-state index < -0.39 is 11.9 Å². The molecule has 0 radical (unpaired) electrons. The van der Waals surface area contributed by atoms with Gasteiger partial charge in [-0.25, -0.2) is 4.79 Å². The standard InChI is InChI=1S/C12H23N3O4/c1-2-10(11(16)17)9-14-12(18)13-3-4-15-5-7-19-8-6-15/h10H,2-9H2,1H3,(H,16,17)(H2,13,14,18). The van der Waals surface area contributed by atoms with E-state index in [1.165, 1.54) is 0 Å². The maximum atomic E-state index is 11.5. The number of carboxylic acid groups (broad SMARTS) is 1. The quantitative estimate of drug-likeness (QED) is 0.594. The van der Waals surface area contributed by atoms with Crippen LogP contribution in [0.25, 0.3) is 0 Å². The van der Waals surface area contributed by atoms with Gasteiger partial charge >= 0.3 is 12.0 Å². The molecule has 0 bridgehead atoms. The topological polar surface area (TPSA) is 90.9 Å². The number of carboxylic acids is 1. The Morgan fingerprint density at radius 2 is 2.00 bits per heavy atom.